The van der Waals surface area contributed by atoms with Crippen molar-refractivity contribution in [3.8, 4) is 0 Å². The zero-order chi connectivity index (χ0) is 15.1. The van der Waals surface area contributed by atoms with Crippen molar-refractivity contribution in [3.63, 3.8) is 0 Å². The van der Waals surface area contributed by atoms with E-state index in [2.05, 4.69) is 10.6 Å². The monoisotopic (exact) mass is 292 g/mol. The van der Waals surface area contributed by atoms with E-state index in [-0.39, 0.29) is 0 Å². The van der Waals surface area contributed by atoms with E-state index in [1.54, 1.807) is 18.2 Å². The highest BCUT2D eigenvalue weighted by Crippen LogP contribution is 2.40. The lowest BCUT2D eigenvalue weighted by Crippen LogP contribution is -2.05. The zero-order valence-electron chi connectivity index (χ0n) is 12.1. The summed E-state index contributed by atoms with van der Waals surface area (Å²) >= 11 is 0. The lowest BCUT2D eigenvalue weighted by Gasteiger charge is -2.09. The average Bonchev–Trinajstić information content (AvgIpc) is 3.31. The number of hydrogen-bond acceptors (Lipinski definition) is 2. The summed E-state index contributed by atoms with van der Waals surface area (Å²) < 4.78 is 2.23. The van der Waals surface area contributed by atoms with Crippen LogP contribution in [0.2, 0.25) is 0 Å². The fourth-order valence-corrected chi connectivity index (χ4v) is 2.90. The molecule has 1 heterocycles. The number of aromatic nitrogens is 2. The second-order valence-electron chi connectivity index (χ2n) is 5.82. The Bertz CT molecular complexity index is 862. The minimum Gasteiger partial charge on any atom is -0.478 e. The van der Waals surface area contributed by atoms with Crippen molar-refractivity contribution in [2.24, 2.45) is 0 Å². The van der Waals surface area contributed by atoms with E-state index in [9.17, 15) is 4.79 Å². The molecule has 1 N–H and O–H groups in total. The standard InChI is InChI=1S/C18H16N2O2/c21-18(22)14-5-3-4-12(10-14)11-20-16-7-2-1-6-15(16)19-17(20)13-8-9-13/h1-7,10,13H,8-9,11H2,(H,21,22). The molecule has 0 bridgehead atoms. The van der Waals surface area contributed by atoms with Gasteiger partial charge in [0.1, 0.15) is 5.82 Å². The third-order valence-corrected chi connectivity index (χ3v) is 4.14. The minimum atomic E-state index is -0.889. The molecule has 0 saturated heterocycles. The van der Waals surface area contributed by atoms with Crippen molar-refractivity contribution in [1.82, 2.24) is 9.55 Å². The van der Waals surface area contributed by atoms with Gasteiger partial charge in [-0.1, -0.05) is 24.3 Å². The number of benzene rings is 2. The molecule has 3 aromatic rings. The predicted molar refractivity (Wildman–Crippen MR) is 84.2 cm³/mol. The molecule has 1 aromatic heterocycles. The van der Waals surface area contributed by atoms with Crippen LogP contribution in [0.4, 0.5) is 0 Å². The van der Waals surface area contributed by atoms with Crippen molar-refractivity contribution in [2.45, 2.75) is 25.3 Å². The Morgan fingerprint density at radius 2 is 2.00 bits per heavy atom. The topological polar surface area (TPSA) is 55.1 Å². The highest BCUT2D eigenvalue weighted by Gasteiger charge is 2.29. The fraction of sp³-hybridized carbons (Fsp3) is 0.222. The van der Waals surface area contributed by atoms with Gasteiger partial charge in [-0.2, -0.15) is 0 Å². The number of carboxylic acids is 1. The van der Waals surface area contributed by atoms with E-state index in [1.165, 1.54) is 12.8 Å². The summed E-state index contributed by atoms with van der Waals surface area (Å²) in [5, 5.41) is 9.14. The number of imidazole rings is 1. The highest BCUT2D eigenvalue weighted by atomic mass is 16.4. The van der Waals surface area contributed by atoms with Crippen molar-refractivity contribution < 1.29 is 9.90 Å². The maximum atomic E-state index is 11.1. The number of nitrogens with zero attached hydrogens (tertiary/aromatic N) is 2. The van der Waals surface area contributed by atoms with Crippen LogP contribution >= 0.6 is 0 Å². The first-order chi connectivity index (χ1) is 10.7. The normalized spacial score (nSPS) is 14.4. The van der Waals surface area contributed by atoms with E-state index in [1.807, 2.05) is 24.3 Å². The van der Waals surface area contributed by atoms with Gasteiger partial charge < -0.3 is 9.67 Å². The molecule has 0 radical (unpaired) electrons. The molecule has 1 saturated carbocycles. The molecule has 4 nitrogen and oxygen atoms in total. The summed E-state index contributed by atoms with van der Waals surface area (Å²) in [5.41, 5.74) is 3.45. The number of rotatable bonds is 4. The number of hydrogen-bond donors (Lipinski definition) is 1. The van der Waals surface area contributed by atoms with Crippen molar-refractivity contribution in [3.05, 3.63) is 65.5 Å². The van der Waals surface area contributed by atoms with Crippen molar-refractivity contribution >= 4 is 17.0 Å². The second-order valence-corrected chi connectivity index (χ2v) is 5.82. The Kier molecular flexibility index (Phi) is 2.96. The van der Waals surface area contributed by atoms with Crippen LogP contribution in [0.5, 0.6) is 0 Å². The molecule has 110 valence electrons. The molecule has 22 heavy (non-hydrogen) atoms. The predicted octanol–water partition coefficient (Wildman–Crippen LogP) is 3.66. The van der Waals surface area contributed by atoms with Crippen molar-refractivity contribution in [1.29, 1.82) is 0 Å². The van der Waals surface area contributed by atoms with Gasteiger partial charge in [0, 0.05) is 12.5 Å². The molecule has 0 spiro atoms. The summed E-state index contributed by atoms with van der Waals surface area (Å²) in [4.78, 5) is 15.9. The summed E-state index contributed by atoms with van der Waals surface area (Å²) in [6, 6.07) is 15.3. The molecule has 0 atom stereocenters. The first kappa shape index (κ1) is 13.1. The third kappa shape index (κ3) is 2.26. The quantitative estimate of drug-likeness (QED) is 0.798. The Morgan fingerprint density at radius 1 is 1.18 bits per heavy atom. The number of carboxylic acid groups (broad SMARTS) is 1. The first-order valence-electron chi connectivity index (χ1n) is 7.50. The summed E-state index contributed by atoms with van der Waals surface area (Å²) in [6.07, 6.45) is 2.39. The molecule has 4 heteroatoms. The van der Waals surface area contributed by atoms with E-state index in [0.29, 0.717) is 18.0 Å². The molecule has 4 rings (SSSR count). The van der Waals surface area contributed by atoms with Crippen molar-refractivity contribution in [2.75, 3.05) is 0 Å². The van der Waals surface area contributed by atoms with E-state index in [4.69, 9.17) is 10.1 Å². The van der Waals surface area contributed by atoms with Gasteiger partial charge in [0.05, 0.1) is 16.6 Å². The van der Waals surface area contributed by atoms with E-state index in [0.717, 1.165) is 22.4 Å². The van der Waals surface area contributed by atoms with E-state index < -0.39 is 5.97 Å². The summed E-state index contributed by atoms with van der Waals surface area (Å²) in [7, 11) is 0. The van der Waals surface area contributed by atoms with Gasteiger partial charge >= 0.3 is 5.97 Å². The van der Waals surface area contributed by atoms with Gasteiger partial charge in [-0.05, 0) is 42.7 Å². The van der Waals surface area contributed by atoms with Gasteiger partial charge in [-0.25, -0.2) is 9.78 Å². The Hall–Kier alpha value is -2.62. The van der Waals surface area contributed by atoms with Gasteiger partial charge in [-0.15, -0.1) is 0 Å². The highest BCUT2D eigenvalue weighted by molar-refractivity contribution is 5.87. The molecule has 0 aliphatic heterocycles. The Labute approximate surface area is 128 Å². The minimum absolute atomic E-state index is 0.329. The molecular formula is C18H16N2O2. The number of para-hydroxylation sites is 2. The molecule has 1 aliphatic rings. The number of fused-ring (bicyclic) bond motifs is 1. The van der Waals surface area contributed by atoms with Gasteiger partial charge in [-0.3, -0.25) is 0 Å². The van der Waals surface area contributed by atoms with Crippen LogP contribution in [0.1, 0.15) is 40.5 Å². The zero-order valence-corrected chi connectivity index (χ0v) is 12.1. The first-order valence-corrected chi connectivity index (χ1v) is 7.50. The van der Waals surface area contributed by atoms with Crippen LogP contribution in [-0.2, 0) is 6.54 Å². The van der Waals surface area contributed by atoms with Crippen LogP contribution < -0.4 is 0 Å². The Morgan fingerprint density at radius 3 is 2.77 bits per heavy atom. The molecular weight excluding hydrogens is 276 g/mol. The van der Waals surface area contributed by atoms with Gasteiger partial charge in [0.25, 0.3) is 0 Å². The molecule has 2 aromatic carbocycles. The molecule has 1 aliphatic carbocycles. The SMILES string of the molecule is O=C(O)c1cccc(Cn2c(C3CC3)nc3ccccc32)c1. The van der Waals surface area contributed by atoms with Crippen LogP contribution in [0.25, 0.3) is 11.0 Å². The average molecular weight is 292 g/mol. The summed E-state index contributed by atoms with van der Waals surface area (Å²) in [6.45, 7) is 0.660. The van der Waals surface area contributed by atoms with E-state index >= 15 is 0 Å². The van der Waals surface area contributed by atoms with Crippen LogP contribution in [-0.4, -0.2) is 20.6 Å². The lowest BCUT2D eigenvalue weighted by atomic mass is 10.1. The maximum Gasteiger partial charge on any atom is 0.335 e. The smallest absolute Gasteiger partial charge is 0.335 e. The lowest BCUT2D eigenvalue weighted by molar-refractivity contribution is 0.0696. The molecule has 0 amide bonds. The Balaban J connectivity index is 1.79. The largest absolute Gasteiger partial charge is 0.478 e. The maximum absolute atomic E-state index is 11.1. The molecule has 1 fully saturated rings. The third-order valence-electron chi connectivity index (χ3n) is 4.14. The second kappa shape index (κ2) is 4.98. The van der Waals surface area contributed by atoms with Gasteiger partial charge in [0.2, 0.25) is 0 Å². The van der Waals surface area contributed by atoms with Crippen LogP contribution in [0, 0.1) is 0 Å². The molecule has 0 unspecified atom stereocenters. The van der Waals surface area contributed by atoms with Crippen LogP contribution in [0.15, 0.2) is 48.5 Å². The number of carbonyl (C=O) groups is 1. The number of aromatic carboxylic acids is 1. The fourth-order valence-electron chi connectivity index (χ4n) is 2.90. The van der Waals surface area contributed by atoms with Gasteiger partial charge in [0.15, 0.2) is 0 Å². The summed E-state index contributed by atoms with van der Waals surface area (Å²) in [5.74, 6) is 0.789. The van der Waals surface area contributed by atoms with Crippen LogP contribution in [0.3, 0.4) is 0 Å².